The van der Waals surface area contributed by atoms with Crippen molar-refractivity contribution in [3.8, 4) is 5.75 Å². The zero-order valence-corrected chi connectivity index (χ0v) is 19.4. The largest absolute Gasteiger partial charge is 0.495 e. The monoisotopic (exact) mass is 472 g/mol. The molecule has 0 aliphatic rings. The summed E-state index contributed by atoms with van der Waals surface area (Å²) in [5, 5.41) is 10.0. The maximum absolute atomic E-state index is 12.5. The van der Waals surface area contributed by atoms with Crippen molar-refractivity contribution < 1.29 is 28.3 Å². The Hall–Kier alpha value is -3.86. The van der Waals surface area contributed by atoms with Crippen LogP contribution in [0.5, 0.6) is 5.75 Å². The summed E-state index contributed by atoms with van der Waals surface area (Å²) in [4.78, 5) is 40.9. The normalized spacial score (nSPS) is 10.9. The Labute approximate surface area is 194 Å². The van der Waals surface area contributed by atoms with Gasteiger partial charge in [-0.2, -0.15) is 0 Å². The van der Waals surface area contributed by atoms with Crippen LogP contribution in [0.25, 0.3) is 0 Å². The van der Waals surface area contributed by atoms with E-state index in [2.05, 4.69) is 20.9 Å². The van der Waals surface area contributed by atoms with Crippen molar-refractivity contribution in [3.63, 3.8) is 0 Å². The van der Waals surface area contributed by atoms with Crippen LogP contribution in [0, 0.1) is 0 Å². The highest BCUT2D eigenvalue weighted by molar-refractivity contribution is 7.14. The molecule has 0 fully saturated rings. The van der Waals surface area contributed by atoms with Gasteiger partial charge in [-0.1, -0.05) is 0 Å². The van der Waals surface area contributed by atoms with E-state index in [4.69, 9.17) is 13.9 Å². The molecule has 0 unspecified atom stereocenters. The number of thiazole rings is 1. The number of carbonyl (C=O) groups excluding carboxylic acids is 3. The number of benzene rings is 1. The van der Waals surface area contributed by atoms with E-state index in [0.29, 0.717) is 27.9 Å². The summed E-state index contributed by atoms with van der Waals surface area (Å²) in [6.07, 6.45) is 0.754. The van der Waals surface area contributed by atoms with E-state index >= 15 is 0 Å². The highest BCUT2D eigenvalue weighted by Gasteiger charge is 2.18. The summed E-state index contributed by atoms with van der Waals surface area (Å²) in [5.41, 5.74) is 0.634. The van der Waals surface area contributed by atoms with Crippen molar-refractivity contribution in [2.75, 3.05) is 23.1 Å². The molecule has 0 bridgehead atoms. The van der Waals surface area contributed by atoms with Crippen LogP contribution in [0.1, 0.15) is 37.0 Å². The van der Waals surface area contributed by atoms with Gasteiger partial charge in [0.05, 0.1) is 31.2 Å². The number of hydrogen-bond donors (Lipinski definition) is 3. The molecule has 3 amide bonds. The summed E-state index contributed by atoms with van der Waals surface area (Å²) < 4.78 is 15.6. The lowest BCUT2D eigenvalue weighted by molar-refractivity contribution is -0.115. The van der Waals surface area contributed by atoms with Gasteiger partial charge in [-0.25, -0.2) is 9.78 Å². The third-order valence-corrected chi connectivity index (χ3v) is 4.78. The molecule has 0 aliphatic heterocycles. The summed E-state index contributed by atoms with van der Waals surface area (Å²) in [7, 11) is 1.47. The molecule has 1 aromatic carbocycles. The van der Waals surface area contributed by atoms with Crippen LogP contribution >= 0.6 is 11.3 Å². The number of anilines is 3. The molecular weight excluding hydrogens is 448 g/mol. The Kier molecular flexibility index (Phi) is 7.34. The van der Waals surface area contributed by atoms with E-state index in [1.807, 2.05) is 0 Å². The maximum Gasteiger partial charge on any atom is 0.412 e. The Morgan fingerprint density at radius 1 is 1.12 bits per heavy atom. The van der Waals surface area contributed by atoms with Crippen LogP contribution in [0.3, 0.4) is 0 Å². The lowest BCUT2D eigenvalue weighted by Gasteiger charge is -2.20. The number of rotatable bonds is 7. The smallest absolute Gasteiger partial charge is 0.412 e. The second kappa shape index (κ2) is 10.2. The van der Waals surface area contributed by atoms with Crippen molar-refractivity contribution in [1.29, 1.82) is 0 Å². The molecule has 174 valence electrons. The van der Waals surface area contributed by atoms with E-state index in [0.717, 1.165) is 0 Å². The molecule has 10 nitrogen and oxygen atoms in total. The molecule has 0 saturated heterocycles. The van der Waals surface area contributed by atoms with Gasteiger partial charge in [-0.3, -0.25) is 20.2 Å². The zero-order chi connectivity index (χ0) is 24.0. The summed E-state index contributed by atoms with van der Waals surface area (Å²) in [5.74, 6) is -0.165. The second-order valence-corrected chi connectivity index (χ2v) is 8.70. The Morgan fingerprint density at radius 2 is 1.91 bits per heavy atom. The summed E-state index contributed by atoms with van der Waals surface area (Å²) >= 11 is 1.20. The van der Waals surface area contributed by atoms with Crippen molar-refractivity contribution in [2.24, 2.45) is 0 Å². The first-order valence-electron chi connectivity index (χ1n) is 9.90. The summed E-state index contributed by atoms with van der Waals surface area (Å²) in [6.45, 7) is 5.27. The maximum atomic E-state index is 12.5. The van der Waals surface area contributed by atoms with Crippen molar-refractivity contribution >= 4 is 45.8 Å². The number of furan rings is 1. The first-order valence-corrected chi connectivity index (χ1v) is 10.8. The minimum absolute atomic E-state index is 0.00597. The molecule has 33 heavy (non-hydrogen) atoms. The quantitative estimate of drug-likeness (QED) is 0.460. The number of nitrogens with one attached hydrogen (secondary N) is 3. The molecule has 0 spiro atoms. The van der Waals surface area contributed by atoms with Gasteiger partial charge >= 0.3 is 6.09 Å². The molecule has 3 rings (SSSR count). The molecular formula is C22H24N4O6S. The Balaban J connectivity index is 1.60. The number of ether oxygens (including phenoxy) is 2. The minimum Gasteiger partial charge on any atom is -0.495 e. The molecule has 2 heterocycles. The number of carbonyl (C=O) groups is 3. The van der Waals surface area contributed by atoms with Gasteiger partial charge in [0, 0.05) is 11.1 Å². The third-order valence-electron chi connectivity index (χ3n) is 3.98. The fraction of sp³-hybridized carbons (Fsp3) is 0.273. The van der Waals surface area contributed by atoms with E-state index in [9.17, 15) is 14.4 Å². The molecule has 0 aliphatic carbocycles. The molecule has 0 atom stereocenters. The lowest BCUT2D eigenvalue weighted by Crippen LogP contribution is -2.27. The second-order valence-electron chi connectivity index (χ2n) is 7.84. The molecule has 3 N–H and O–H groups in total. The molecule has 2 aromatic heterocycles. The highest BCUT2D eigenvalue weighted by Crippen LogP contribution is 2.28. The van der Waals surface area contributed by atoms with Crippen LogP contribution in [-0.2, 0) is 16.0 Å². The lowest BCUT2D eigenvalue weighted by atomic mass is 10.2. The predicted octanol–water partition coefficient (Wildman–Crippen LogP) is 4.53. The van der Waals surface area contributed by atoms with E-state index < -0.39 is 17.6 Å². The minimum atomic E-state index is -0.660. The SMILES string of the molecule is COc1ccc(NC(=O)Cc2csc(NC(=O)c3ccco3)n2)cc1NC(=O)OC(C)(C)C. The molecule has 0 radical (unpaired) electrons. The van der Waals surface area contributed by atoms with Crippen LogP contribution in [0.15, 0.2) is 46.4 Å². The van der Waals surface area contributed by atoms with Gasteiger partial charge in [0.15, 0.2) is 10.9 Å². The highest BCUT2D eigenvalue weighted by atomic mass is 32.1. The number of methoxy groups -OCH3 is 1. The standard InChI is InChI=1S/C22H24N4O6S/c1-22(2,3)32-21(29)25-15-10-13(7-8-16(15)30-4)23-18(27)11-14-12-33-20(24-14)26-19(28)17-6-5-9-31-17/h5-10,12H,11H2,1-4H3,(H,23,27)(H,25,29)(H,24,26,28). The van der Waals surface area contributed by atoms with Gasteiger partial charge in [0.1, 0.15) is 11.4 Å². The number of amides is 3. The van der Waals surface area contributed by atoms with Crippen molar-refractivity contribution in [3.05, 3.63) is 53.4 Å². The fourth-order valence-electron chi connectivity index (χ4n) is 2.68. The topological polar surface area (TPSA) is 132 Å². The van der Waals surface area contributed by atoms with Crippen molar-refractivity contribution in [1.82, 2.24) is 4.98 Å². The van der Waals surface area contributed by atoms with E-state index in [1.54, 1.807) is 50.4 Å². The molecule has 3 aromatic rings. The Bertz CT molecular complexity index is 1130. The number of nitrogens with zero attached hydrogens (tertiary/aromatic N) is 1. The van der Waals surface area contributed by atoms with Gasteiger partial charge in [0.2, 0.25) is 5.91 Å². The van der Waals surface area contributed by atoms with E-state index in [1.165, 1.54) is 30.8 Å². The van der Waals surface area contributed by atoms with Crippen LogP contribution < -0.4 is 20.7 Å². The Morgan fingerprint density at radius 3 is 2.58 bits per heavy atom. The van der Waals surface area contributed by atoms with Gasteiger partial charge in [0.25, 0.3) is 5.91 Å². The third kappa shape index (κ3) is 7.07. The number of hydrogen-bond acceptors (Lipinski definition) is 8. The average molecular weight is 473 g/mol. The molecule has 11 heteroatoms. The average Bonchev–Trinajstić information content (AvgIpc) is 3.39. The van der Waals surface area contributed by atoms with Crippen LogP contribution in [0.2, 0.25) is 0 Å². The van der Waals surface area contributed by atoms with Gasteiger partial charge in [-0.05, 0) is 51.1 Å². The predicted molar refractivity (Wildman–Crippen MR) is 124 cm³/mol. The first-order chi connectivity index (χ1) is 15.6. The van der Waals surface area contributed by atoms with Crippen molar-refractivity contribution in [2.45, 2.75) is 32.8 Å². The van der Waals surface area contributed by atoms with Crippen LogP contribution in [-0.4, -0.2) is 35.6 Å². The number of aromatic nitrogens is 1. The fourth-order valence-corrected chi connectivity index (χ4v) is 3.38. The first kappa shape index (κ1) is 23.8. The summed E-state index contributed by atoms with van der Waals surface area (Å²) in [6, 6.07) is 7.98. The van der Waals surface area contributed by atoms with Crippen LogP contribution in [0.4, 0.5) is 21.3 Å². The molecule has 0 saturated carbocycles. The van der Waals surface area contributed by atoms with Gasteiger partial charge < -0.3 is 19.2 Å². The zero-order valence-electron chi connectivity index (χ0n) is 18.6. The van der Waals surface area contributed by atoms with E-state index in [-0.39, 0.29) is 18.1 Å². The van der Waals surface area contributed by atoms with Gasteiger partial charge in [-0.15, -0.1) is 11.3 Å².